The van der Waals surface area contributed by atoms with Crippen LogP contribution in [-0.2, 0) is 0 Å². The lowest BCUT2D eigenvalue weighted by atomic mass is 10.2. The van der Waals surface area contributed by atoms with Crippen LogP contribution < -0.4 is 5.32 Å². The molecule has 1 atom stereocenters. The minimum atomic E-state index is -0.148. The predicted molar refractivity (Wildman–Crippen MR) is 54.8 cm³/mol. The molecular formula is C8H6ClN3S. The maximum Gasteiger partial charge on any atom is 0.215 e. The lowest BCUT2D eigenvalue weighted by molar-refractivity contribution is 0.704. The van der Waals surface area contributed by atoms with Gasteiger partial charge in [-0.3, -0.25) is 0 Å². The Hall–Kier alpha value is -1.00. The van der Waals surface area contributed by atoms with Gasteiger partial charge in [0.1, 0.15) is 0 Å². The number of azo groups is 1. The summed E-state index contributed by atoms with van der Waals surface area (Å²) in [5.41, 5.74) is 1.01. The molecule has 13 heavy (non-hydrogen) atoms. The summed E-state index contributed by atoms with van der Waals surface area (Å²) in [6, 6.07) is 7.42. The summed E-state index contributed by atoms with van der Waals surface area (Å²) in [6.45, 7) is 0. The number of hydrogen-bond acceptors (Lipinski definition) is 2. The molecule has 1 aromatic carbocycles. The molecule has 0 saturated heterocycles. The Balaban J connectivity index is 2.22. The van der Waals surface area contributed by atoms with Crippen molar-refractivity contribution < 1.29 is 0 Å². The van der Waals surface area contributed by atoms with Crippen molar-refractivity contribution in [1.82, 2.24) is 5.32 Å². The fraction of sp³-hybridized carbons (Fsp3) is 0.125. The molecule has 2 rings (SSSR count). The van der Waals surface area contributed by atoms with Gasteiger partial charge in [-0.05, 0) is 29.9 Å². The van der Waals surface area contributed by atoms with Crippen LogP contribution in [0.15, 0.2) is 34.5 Å². The van der Waals surface area contributed by atoms with Gasteiger partial charge in [0, 0.05) is 5.02 Å². The number of halogens is 1. The summed E-state index contributed by atoms with van der Waals surface area (Å²) >= 11 is 10.6. The van der Waals surface area contributed by atoms with E-state index in [0.717, 1.165) is 5.56 Å². The number of thiocarbonyl (C=S) groups is 1. The zero-order chi connectivity index (χ0) is 9.26. The summed E-state index contributed by atoms with van der Waals surface area (Å²) in [5, 5.41) is 11.8. The van der Waals surface area contributed by atoms with Gasteiger partial charge in [-0.15, -0.1) is 5.11 Å². The number of rotatable bonds is 1. The minimum Gasteiger partial charge on any atom is -0.333 e. The van der Waals surface area contributed by atoms with E-state index in [2.05, 4.69) is 15.5 Å². The Labute approximate surface area is 85.8 Å². The Kier molecular flexibility index (Phi) is 2.24. The predicted octanol–water partition coefficient (Wildman–Crippen LogP) is 2.68. The van der Waals surface area contributed by atoms with Crippen LogP contribution in [0.4, 0.5) is 0 Å². The van der Waals surface area contributed by atoms with Gasteiger partial charge in [-0.1, -0.05) is 23.7 Å². The Morgan fingerprint density at radius 3 is 2.54 bits per heavy atom. The molecule has 0 aliphatic carbocycles. The molecule has 0 amide bonds. The van der Waals surface area contributed by atoms with Gasteiger partial charge in [0.25, 0.3) is 0 Å². The Bertz CT molecular complexity index is 360. The molecule has 1 aliphatic heterocycles. The first kappa shape index (κ1) is 8.59. The quantitative estimate of drug-likeness (QED) is 0.726. The van der Waals surface area contributed by atoms with Crippen LogP contribution in [0.5, 0.6) is 0 Å². The highest BCUT2D eigenvalue weighted by Gasteiger charge is 2.16. The van der Waals surface area contributed by atoms with Gasteiger partial charge >= 0.3 is 0 Å². The summed E-state index contributed by atoms with van der Waals surface area (Å²) in [4.78, 5) is 0. The smallest absolute Gasteiger partial charge is 0.215 e. The average molecular weight is 212 g/mol. The molecule has 1 aliphatic rings. The summed E-state index contributed by atoms with van der Waals surface area (Å²) in [7, 11) is 0. The highest BCUT2D eigenvalue weighted by Crippen LogP contribution is 2.20. The highest BCUT2D eigenvalue weighted by atomic mass is 35.5. The fourth-order valence-electron chi connectivity index (χ4n) is 1.08. The number of hydrogen-bond donors (Lipinski definition) is 1. The van der Waals surface area contributed by atoms with E-state index in [0.29, 0.717) is 10.1 Å². The van der Waals surface area contributed by atoms with Gasteiger partial charge in [0.05, 0.1) is 0 Å². The van der Waals surface area contributed by atoms with E-state index in [1.54, 1.807) is 0 Å². The van der Waals surface area contributed by atoms with Crippen LogP contribution in [0.25, 0.3) is 0 Å². The van der Waals surface area contributed by atoms with Crippen LogP contribution in [-0.4, -0.2) is 5.11 Å². The minimum absolute atomic E-state index is 0.148. The van der Waals surface area contributed by atoms with Crippen LogP contribution >= 0.6 is 23.8 Å². The summed E-state index contributed by atoms with van der Waals surface area (Å²) in [6.07, 6.45) is -0.148. The van der Waals surface area contributed by atoms with Crippen LogP contribution in [0, 0.1) is 0 Å². The van der Waals surface area contributed by atoms with E-state index in [4.69, 9.17) is 23.8 Å². The molecule has 1 unspecified atom stereocenters. The van der Waals surface area contributed by atoms with Gasteiger partial charge in [-0.25, -0.2) is 0 Å². The van der Waals surface area contributed by atoms with Crippen LogP contribution in [0.3, 0.4) is 0 Å². The fourth-order valence-corrected chi connectivity index (χ4v) is 1.36. The first-order valence-corrected chi connectivity index (χ1v) is 4.51. The van der Waals surface area contributed by atoms with E-state index in [-0.39, 0.29) is 6.17 Å². The molecule has 0 saturated carbocycles. The second-order valence-electron chi connectivity index (χ2n) is 2.62. The topological polar surface area (TPSA) is 36.8 Å². The monoisotopic (exact) mass is 211 g/mol. The van der Waals surface area contributed by atoms with E-state index >= 15 is 0 Å². The maximum absolute atomic E-state index is 5.75. The SMILES string of the molecule is S=C1N=NC(c2ccc(Cl)cc2)N1. The second-order valence-corrected chi connectivity index (χ2v) is 3.44. The second kappa shape index (κ2) is 3.40. The Morgan fingerprint density at radius 1 is 1.31 bits per heavy atom. The van der Waals surface area contributed by atoms with E-state index in [1.165, 1.54) is 0 Å². The number of nitrogens with zero attached hydrogens (tertiary/aromatic N) is 2. The zero-order valence-corrected chi connectivity index (χ0v) is 8.14. The molecule has 5 heteroatoms. The van der Waals surface area contributed by atoms with Crippen molar-refractivity contribution in [1.29, 1.82) is 0 Å². The third-order valence-corrected chi connectivity index (χ3v) is 2.16. The molecule has 1 heterocycles. The van der Waals surface area contributed by atoms with Gasteiger partial charge in [0.15, 0.2) is 6.17 Å². The molecular weight excluding hydrogens is 206 g/mol. The molecule has 0 spiro atoms. The van der Waals surface area contributed by atoms with Crippen molar-refractivity contribution in [2.24, 2.45) is 10.2 Å². The van der Waals surface area contributed by atoms with Gasteiger partial charge in [0.2, 0.25) is 5.11 Å². The molecule has 1 N–H and O–H groups in total. The lowest BCUT2D eigenvalue weighted by Gasteiger charge is -2.06. The highest BCUT2D eigenvalue weighted by molar-refractivity contribution is 7.80. The largest absolute Gasteiger partial charge is 0.333 e. The van der Waals surface area contributed by atoms with Crippen molar-refractivity contribution in [3.63, 3.8) is 0 Å². The lowest BCUT2D eigenvalue weighted by Crippen LogP contribution is -2.17. The first-order valence-electron chi connectivity index (χ1n) is 3.72. The molecule has 1 aromatic rings. The van der Waals surface area contributed by atoms with E-state index in [1.807, 2.05) is 24.3 Å². The van der Waals surface area contributed by atoms with Gasteiger partial charge in [-0.2, -0.15) is 5.11 Å². The molecule has 3 nitrogen and oxygen atoms in total. The Morgan fingerprint density at radius 2 is 2.00 bits per heavy atom. The van der Waals surface area contributed by atoms with Crippen molar-refractivity contribution in [2.75, 3.05) is 0 Å². The average Bonchev–Trinajstić information content (AvgIpc) is 2.53. The van der Waals surface area contributed by atoms with Crippen molar-refractivity contribution in [3.05, 3.63) is 34.9 Å². The third-order valence-electron chi connectivity index (χ3n) is 1.71. The normalized spacial score (nSPS) is 20.4. The maximum atomic E-state index is 5.75. The molecule has 0 radical (unpaired) electrons. The standard InChI is InChI=1S/C8H6ClN3S/c9-6-3-1-5(2-4-6)7-10-8(13)12-11-7/h1-4,7H,(H,10,13). The summed E-state index contributed by atoms with van der Waals surface area (Å²) in [5.74, 6) is 0. The summed E-state index contributed by atoms with van der Waals surface area (Å²) < 4.78 is 0. The van der Waals surface area contributed by atoms with E-state index in [9.17, 15) is 0 Å². The van der Waals surface area contributed by atoms with Crippen LogP contribution in [0.1, 0.15) is 11.7 Å². The zero-order valence-electron chi connectivity index (χ0n) is 6.57. The number of benzene rings is 1. The van der Waals surface area contributed by atoms with Crippen LogP contribution in [0.2, 0.25) is 5.02 Å². The molecule has 0 bridgehead atoms. The van der Waals surface area contributed by atoms with Crippen molar-refractivity contribution in [3.8, 4) is 0 Å². The van der Waals surface area contributed by atoms with Crippen molar-refractivity contribution >= 4 is 28.9 Å². The van der Waals surface area contributed by atoms with Gasteiger partial charge < -0.3 is 5.32 Å². The third kappa shape index (κ3) is 1.84. The van der Waals surface area contributed by atoms with Crippen molar-refractivity contribution in [2.45, 2.75) is 6.17 Å². The molecule has 0 aromatic heterocycles. The molecule has 66 valence electrons. The van der Waals surface area contributed by atoms with E-state index < -0.39 is 0 Å². The number of nitrogens with one attached hydrogen (secondary N) is 1. The molecule has 0 fully saturated rings. The first-order chi connectivity index (χ1) is 6.25.